The van der Waals surface area contributed by atoms with Crippen molar-refractivity contribution in [3.05, 3.63) is 33.8 Å². The van der Waals surface area contributed by atoms with Gasteiger partial charge in [-0.25, -0.2) is 5.06 Å². The van der Waals surface area contributed by atoms with E-state index in [0.717, 1.165) is 22.1 Å². The molecule has 1 aromatic carbocycles. The van der Waals surface area contributed by atoms with E-state index in [1.165, 1.54) is 5.06 Å². The molecule has 0 spiro atoms. The highest BCUT2D eigenvalue weighted by Gasteiger charge is 2.23. The van der Waals surface area contributed by atoms with Gasteiger partial charge in [-0.3, -0.25) is 9.63 Å². The third-order valence-corrected chi connectivity index (χ3v) is 3.83. The van der Waals surface area contributed by atoms with Crippen molar-refractivity contribution in [2.24, 2.45) is 5.73 Å². The quantitative estimate of drug-likeness (QED) is 0.784. The lowest BCUT2D eigenvalue weighted by Gasteiger charge is -2.22. The number of nitrogens with one attached hydrogen (secondary N) is 1. The van der Waals surface area contributed by atoms with Crippen LogP contribution in [0.25, 0.3) is 6.08 Å². The maximum Gasteiger partial charge on any atom is 0.273 e. The molecule has 0 saturated heterocycles. The molecule has 0 aromatic heterocycles. The van der Waals surface area contributed by atoms with Gasteiger partial charge in [0.25, 0.3) is 5.91 Å². The molecule has 0 fully saturated rings. The number of hydroxylamine groups is 2. The fourth-order valence-corrected chi connectivity index (χ4v) is 2.77. The molecular formula is C16H22BrN3O2. The third kappa shape index (κ3) is 4.09. The third-order valence-electron chi connectivity index (χ3n) is 3.34. The first-order valence-electron chi connectivity index (χ1n) is 7.52. The summed E-state index contributed by atoms with van der Waals surface area (Å²) in [6.07, 6.45) is 2.88. The van der Waals surface area contributed by atoms with E-state index in [-0.39, 0.29) is 12.1 Å². The Morgan fingerprint density at radius 1 is 1.50 bits per heavy atom. The van der Waals surface area contributed by atoms with E-state index in [1.54, 1.807) is 0 Å². The first-order chi connectivity index (χ1) is 10.5. The Balaban J connectivity index is 2.32. The second-order valence-corrected chi connectivity index (χ2v) is 6.10. The van der Waals surface area contributed by atoms with Gasteiger partial charge in [-0.1, -0.05) is 28.9 Å². The zero-order valence-electron chi connectivity index (χ0n) is 12.9. The van der Waals surface area contributed by atoms with Crippen molar-refractivity contribution in [1.82, 2.24) is 5.06 Å². The first kappa shape index (κ1) is 17.0. The monoisotopic (exact) mass is 367 g/mol. The Bertz CT molecular complexity index is 569. The van der Waals surface area contributed by atoms with Crippen molar-refractivity contribution in [2.75, 3.05) is 18.5 Å². The van der Waals surface area contributed by atoms with Crippen molar-refractivity contribution in [3.8, 4) is 0 Å². The highest BCUT2D eigenvalue weighted by Crippen LogP contribution is 2.28. The molecule has 1 amide bonds. The number of hydrogen-bond acceptors (Lipinski definition) is 4. The molecule has 6 heteroatoms. The van der Waals surface area contributed by atoms with Crippen LogP contribution in [0.15, 0.2) is 28.2 Å². The van der Waals surface area contributed by atoms with E-state index < -0.39 is 0 Å². The number of anilines is 1. The molecule has 5 nitrogen and oxygen atoms in total. The summed E-state index contributed by atoms with van der Waals surface area (Å²) < 4.78 is 0.969. The Morgan fingerprint density at radius 2 is 2.27 bits per heavy atom. The molecule has 3 N–H and O–H groups in total. The van der Waals surface area contributed by atoms with Crippen molar-refractivity contribution in [3.63, 3.8) is 0 Å². The standard InChI is InChI=1S/C16H22BrN3O2/c1-3-7-20(22-4-2)16(21)12-8-11-5-6-13(17)10-14(11)19-15(18)9-12/h5-6,8,10,15,19H,3-4,7,9,18H2,1-2H3. The van der Waals surface area contributed by atoms with Gasteiger partial charge in [-0.15, -0.1) is 0 Å². The van der Waals surface area contributed by atoms with Crippen LogP contribution in [0.4, 0.5) is 5.69 Å². The number of benzene rings is 1. The predicted molar refractivity (Wildman–Crippen MR) is 92.0 cm³/mol. The molecule has 120 valence electrons. The summed E-state index contributed by atoms with van der Waals surface area (Å²) in [5, 5.41) is 4.67. The minimum absolute atomic E-state index is 0.114. The van der Waals surface area contributed by atoms with Crippen LogP contribution in [0.1, 0.15) is 32.3 Å². The minimum Gasteiger partial charge on any atom is -0.369 e. The number of hydrogen-bond donors (Lipinski definition) is 2. The lowest BCUT2D eigenvalue weighted by Crippen LogP contribution is -2.36. The number of nitrogens with two attached hydrogens (primary N) is 1. The van der Waals surface area contributed by atoms with Crippen molar-refractivity contribution in [2.45, 2.75) is 32.9 Å². The van der Waals surface area contributed by atoms with Gasteiger partial charge in [-0.05, 0) is 37.1 Å². The van der Waals surface area contributed by atoms with Crippen LogP contribution in [-0.4, -0.2) is 30.3 Å². The van der Waals surface area contributed by atoms with Gasteiger partial charge in [-0.2, -0.15) is 0 Å². The summed E-state index contributed by atoms with van der Waals surface area (Å²) in [5.74, 6) is -0.114. The van der Waals surface area contributed by atoms with Crippen molar-refractivity contribution in [1.29, 1.82) is 0 Å². The number of halogens is 1. The van der Waals surface area contributed by atoms with Gasteiger partial charge >= 0.3 is 0 Å². The average Bonchev–Trinajstić information content (AvgIpc) is 2.64. The fraction of sp³-hybridized carbons (Fsp3) is 0.438. The zero-order chi connectivity index (χ0) is 16.1. The Kier molecular flexibility index (Phi) is 5.99. The highest BCUT2D eigenvalue weighted by molar-refractivity contribution is 9.10. The van der Waals surface area contributed by atoms with E-state index in [4.69, 9.17) is 10.6 Å². The molecule has 0 radical (unpaired) electrons. The fourth-order valence-electron chi connectivity index (χ4n) is 2.41. The van der Waals surface area contributed by atoms with Gasteiger partial charge in [0.05, 0.1) is 12.8 Å². The summed E-state index contributed by atoms with van der Waals surface area (Å²) >= 11 is 3.45. The molecule has 1 aliphatic heterocycles. The molecule has 1 aliphatic rings. The maximum atomic E-state index is 12.7. The molecule has 22 heavy (non-hydrogen) atoms. The first-order valence-corrected chi connectivity index (χ1v) is 8.31. The van der Waals surface area contributed by atoms with E-state index >= 15 is 0 Å². The van der Waals surface area contributed by atoms with Crippen LogP contribution in [0.5, 0.6) is 0 Å². The molecule has 1 heterocycles. The molecule has 1 aromatic rings. The Hall–Kier alpha value is -1.37. The minimum atomic E-state index is -0.309. The van der Waals surface area contributed by atoms with Crippen molar-refractivity contribution >= 4 is 33.6 Å². The molecule has 0 aliphatic carbocycles. The number of carbonyl (C=O) groups excluding carboxylic acids is 1. The molecular weight excluding hydrogens is 346 g/mol. The molecule has 1 unspecified atom stereocenters. The molecule has 2 rings (SSSR count). The molecule has 0 saturated carbocycles. The average molecular weight is 368 g/mol. The van der Waals surface area contributed by atoms with Crippen LogP contribution in [0, 0.1) is 0 Å². The lowest BCUT2D eigenvalue weighted by molar-refractivity contribution is -0.180. The topological polar surface area (TPSA) is 67.6 Å². The van der Waals surface area contributed by atoms with Gasteiger partial charge < -0.3 is 11.1 Å². The smallest absolute Gasteiger partial charge is 0.273 e. The number of fused-ring (bicyclic) bond motifs is 1. The van der Waals surface area contributed by atoms with Crippen molar-refractivity contribution < 1.29 is 9.63 Å². The highest BCUT2D eigenvalue weighted by atomic mass is 79.9. The Labute approximate surface area is 139 Å². The van der Waals surface area contributed by atoms with E-state index in [2.05, 4.69) is 21.2 Å². The van der Waals surface area contributed by atoms with E-state index in [0.29, 0.717) is 25.1 Å². The second kappa shape index (κ2) is 7.76. The molecule has 1 atom stereocenters. The lowest BCUT2D eigenvalue weighted by atomic mass is 10.1. The number of carbonyl (C=O) groups is 1. The van der Waals surface area contributed by atoms with Crippen LogP contribution in [-0.2, 0) is 9.63 Å². The van der Waals surface area contributed by atoms with E-state index in [1.807, 2.05) is 38.1 Å². The summed E-state index contributed by atoms with van der Waals surface area (Å²) in [6, 6.07) is 5.87. The Morgan fingerprint density at radius 3 is 2.95 bits per heavy atom. The largest absolute Gasteiger partial charge is 0.369 e. The number of rotatable bonds is 5. The number of amides is 1. The van der Waals surface area contributed by atoms with Crippen LogP contribution in [0.3, 0.4) is 0 Å². The molecule has 0 bridgehead atoms. The van der Waals surface area contributed by atoms with Crippen LogP contribution >= 0.6 is 15.9 Å². The second-order valence-electron chi connectivity index (χ2n) is 5.18. The zero-order valence-corrected chi connectivity index (χ0v) is 14.5. The number of nitrogens with zero attached hydrogens (tertiary/aromatic N) is 1. The van der Waals surface area contributed by atoms with Gasteiger partial charge in [0, 0.05) is 28.7 Å². The maximum absolute atomic E-state index is 12.7. The summed E-state index contributed by atoms with van der Waals surface area (Å²) in [5.41, 5.74) is 8.62. The van der Waals surface area contributed by atoms with Gasteiger partial charge in [0.2, 0.25) is 0 Å². The SMILES string of the molecule is CCCN(OCC)C(=O)C1=Cc2ccc(Br)cc2NC(N)C1. The van der Waals surface area contributed by atoms with Gasteiger partial charge in [0.1, 0.15) is 0 Å². The summed E-state index contributed by atoms with van der Waals surface area (Å²) in [7, 11) is 0. The summed E-state index contributed by atoms with van der Waals surface area (Å²) in [4.78, 5) is 18.1. The van der Waals surface area contributed by atoms with E-state index in [9.17, 15) is 4.79 Å². The normalized spacial score (nSPS) is 17.1. The van der Waals surface area contributed by atoms with Crippen LogP contribution < -0.4 is 11.1 Å². The predicted octanol–water partition coefficient (Wildman–Crippen LogP) is 3.12. The van der Waals surface area contributed by atoms with Gasteiger partial charge in [0.15, 0.2) is 0 Å². The summed E-state index contributed by atoms with van der Waals surface area (Å²) in [6.45, 7) is 4.92. The van der Waals surface area contributed by atoms with Crippen LogP contribution in [0.2, 0.25) is 0 Å².